The Labute approximate surface area is 107 Å². The van der Waals surface area contributed by atoms with E-state index in [0.29, 0.717) is 0 Å². The van der Waals surface area contributed by atoms with Crippen LogP contribution in [0.4, 0.5) is 0 Å². The fraction of sp³-hybridized carbons (Fsp3) is 0.273. The lowest BCUT2D eigenvalue weighted by Crippen LogP contribution is -2.18. The van der Waals surface area contributed by atoms with Gasteiger partial charge in [-0.05, 0) is 30.1 Å². The van der Waals surface area contributed by atoms with Gasteiger partial charge in [0.25, 0.3) is 0 Å². The van der Waals surface area contributed by atoms with E-state index in [1.807, 2.05) is 17.5 Å². The normalized spacial score (nSPS) is 12.6. The molecule has 1 heterocycles. The molecule has 3 nitrogen and oxygen atoms in total. The molecular formula is C11H12BrN3S. The average molecular weight is 298 g/mol. The Bertz CT molecular complexity index is 444. The molecule has 0 spiro atoms. The molecule has 1 N–H and O–H groups in total. The predicted molar refractivity (Wildman–Crippen MR) is 69.3 cm³/mol. The Morgan fingerprint density at radius 3 is 2.94 bits per heavy atom. The van der Waals surface area contributed by atoms with Crippen LogP contribution in [0.15, 0.2) is 34.1 Å². The van der Waals surface area contributed by atoms with Crippen molar-refractivity contribution >= 4 is 27.5 Å². The third-order valence-electron chi connectivity index (χ3n) is 2.37. The van der Waals surface area contributed by atoms with Crippen molar-refractivity contribution in [3.63, 3.8) is 0 Å². The van der Waals surface area contributed by atoms with E-state index in [9.17, 15) is 0 Å². The second-order valence-corrected chi connectivity index (χ2v) is 4.98. The van der Waals surface area contributed by atoms with E-state index in [2.05, 4.69) is 49.9 Å². The van der Waals surface area contributed by atoms with E-state index in [1.165, 1.54) is 17.1 Å². The minimum atomic E-state index is 0.289. The third kappa shape index (κ3) is 2.87. The number of nitrogens with one attached hydrogen (secondary N) is 1. The van der Waals surface area contributed by atoms with Crippen LogP contribution >= 0.6 is 27.5 Å². The van der Waals surface area contributed by atoms with Gasteiger partial charge in [-0.15, -0.1) is 5.10 Å². The highest BCUT2D eigenvalue weighted by Crippen LogP contribution is 2.22. The van der Waals surface area contributed by atoms with Crippen molar-refractivity contribution in [2.24, 2.45) is 0 Å². The maximum Gasteiger partial charge on any atom is 0.0893 e. The van der Waals surface area contributed by atoms with Gasteiger partial charge < -0.3 is 5.32 Å². The number of hydrogen-bond acceptors (Lipinski definition) is 4. The summed E-state index contributed by atoms with van der Waals surface area (Å²) < 4.78 is 4.96. The highest BCUT2D eigenvalue weighted by atomic mass is 79.9. The molecule has 0 saturated carbocycles. The summed E-state index contributed by atoms with van der Waals surface area (Å²) in [7, 11) is 0. The topological polar surface area (TPSA) is 37.8 Å². The van der Waals surface area contributed by atoms with E-state index < -0.39 is 0 Å². The van der Waals surface area contributed by atoms with Crippen LogP contribution in [-0.2, 0) is 6.54 Å². The van der Waals surface area contributed by atoms with Crippen LogP contribution in [0.5, 0.6) is 0 Å². The van der Waals surface area contributed by atoms with Gasteiger partial charge in [0.05, 0.1) is 5.69 Å². The first-order valence-corrected chi connectivity index (χ1v) is 6.64. The highest BCUT2D eigenvalue weighted by Gasteiger charge is 2.08. The van der Waals surface area contributed by atoms with Crippen molar-refractivity contribution in [1.82, 2.24) is 14.9 Å². The van der Waals surface area contributed by atoms with Crippen LogP contribution in [0.3, 0.4) is 0 Å². The van der Waals surface area contributed by atoms with E-state index in [0.717, 1.165) is 16.7 Å². The molecule has 1 atom stereocenters. The van der Waals surface area contributed by atoms with Gasteiger partial charge in [0, 0.05) is 22.4 Å². The lowest BCUT2D eigenvalue weighted by atomic mass is 10.1. The molecule has 16 heavy (non-hydrogen) atoms. The zero-order chi connectivity index (χ0) is 11.4. The molecule has 0 aliphatic carbocycles. The Hall–Kier alpha value is -0.780. The summed E-state index contributed by atoms with van der Waals surface area (Å²) in [6.45, 7) is 2.89. The lowest BCUT2D eigenvalue weighted by Gasteiger charge is -2.14. The lowest BCUT2D eigenvalue weighted by molar-refractivity contribution is 0.565. The maximum absolute atomic E-state index is 4.00. The molecule has 2 rings (SSSR count). The minimum Gasteiger partial charge on any atom is -0.304 e. The minimum absolute atomic E-state index is 0.289. The predicted octanol–water partition coefficient (Wildman–Crippen LogP) is 3.15. The summed E-state index contributed by atoms with van der Waals surface area (Å²) in [5.41, 5.74) is 2.24. The van der Waals surface area contributed by atoms with Gasteiger partial charge in [0.1, 0.15) is 0 Å². The molecule has 5 heteroatoms. The van der Waals surface area contributed by atoms with Crippen LogP contribution < -0.4 is 5.32 Å². The molecule has 0 bridgehead atoms. The summed E-state index contributed by atoms with van der Waals surface area (Å²) in [6.07, 6.45) is 0. The highest BCUT2D eigenvalue weighted by molar-refractivity contribution is 9.10. The number of halogens is 1. The van der Waals surface area contributed by atoms with Crippen molar-refractivity contribution < 1.29 is 0 Å². The Morgan fingerprint density at radius 2 is 2.25 bits per heavy atom. The second-order valence-electron chi connectivity index (χ2n) is 3.52. The molecule has 0 saturated heterocycles. The Kier molecular flexibility index (Phi) is 4.04. The van der Waals surface area contributed by atoms with E-state index >= 15 is 0 Å². The van der Waals surface area contributed by atoms with Gasteiger partial charge in [-0.3, -0.25) is 0 Å². The molecule has 0 radical (unpaired) electrons. The largest absolute Gasteiger partial charge is 0.304 e. The Balaban J connectivity index is 1.98. The zero-order valence-corrected chi connectivity index (χ0v) is 11.3. The molecule has 0 fully saturated rings. The molecular weight excluding hydrogens is 286 g/mol. The third-order valence-corrected chi connectivity index (χ3v) is 3.64. The van der Waals surface area contributed by atoms with Crippen LogP contribution in [0.25, 0.3) is 0 Å². The monoisotopic (exact) mass is 297 g/mol. The van der Waals surface area contributed by atoms with Gasteiger partial charge in [0.2, 0.25) is 0 Å². The zero-order valence-electron chi connectivity index (χ0n) is 8.85. The van der Waals surface area contributed by atoms with Crippen LogP contribution in [0.1, 0.15) is 24.2 Å². The van der Waals surface area contributed by atoms with Crippen molar-refractivity contribution in [2.45, 2.75) is 19.5 Å². The molecule has 1 aromatic heterocycles. The van der Waals surface area contributed by atoms with E-state index in [4.69, 9.17) is 0 Å². The number of hydrogen-bond donors (Lipinski definition) is 1. The van der Waals surface area contributed by atoms with Crippen molar-refractivity contribution in [3.05, 3.63) is 45.4 Å². The molecule has 2 aromatic rings. The molecule has 1 unspecified atom stereocenters. The van der Waals surface area contributed by atoms with Crippen molar-refractivity contribution in [2.75, 3.05) is 0 Å². The first kappa shape index (κ1) is 11.7. The fourth-order valence-corrected chi connectivity index (χ4v) is 2.53. The van der Waals surface area contributed by atoms with E-state index in [1.54, 1.807) is 0 Å². The molecule has 0 aliphatic heterocycles. The molecule has 1 aromatic carbocycles. The second kappa shape index (κ2) is 5.52. The summed E-state index contributed by atoms with van der Waals surface area (Å²) in [5.74, 6) is 0. The molecule has 0 amide bonds. The number of benzene rings is 1. The summed E-state index contributed by atoms with van der Waals surface area (Å²) in [5, 5.41) is 9.37. The summed E-state index contributed by atoms with van der Waals surface area (Å²) >= 11 is 4.93. The van der Waals surface area contributed by atoms with Crippen LogP contribution in [-0.4, -0.2) is 9.59 Å². The SMILES string of the molecule is CC(NCc1csnn1)c1ccccc1Br. The maximum atomic E-state index is 4.00. The Morgan fingerprint density at radius 1 is 1.44 bits per heavy atom. The van der Waals surface area contributed by atoms with E-state index in [-0.39, 0.29) is 6.04 Å². The number of aromatic nitrogens is 2. The molecule has 0 aliphatic rings. The van der Waals surface area contributed by atoms with Crippen molar-refractivity contribution in [1.29, 1.82) is 0 Å². The fourth-order valence-electron chi connectivity index (χ4n) is 1.45. The first-order valence-electron chi connectivity index (χ1n) is 5.01. The van der Waals surface area contributed by atoms with Crippen molar-refractivity contribution in [3.8, 4) is 0 Å². The molecule has 84 valence electrons. The summed E-state index contributed by atoms with van der Waals surface area (Å²) in [4.78, 5) is 0. The quantitative estimate of drug-likeness (QED) is 0.942. The van der Waals surface area contributed by atoms with Crippen LogP contribution in [0, 0.1) is 0 Å². The van der Waals surface area contributed by atoms with Gasteiger partial charge in [-0.25, -0.2) is 0 Å². The number of rotatable bonds is 4. The summed E-state index contributed by atoms with van der Waals surface area (Å²) in [6, 6.07) is 8.52. The number of nitrogens with zero attached hydrogens (tertiary/aromatic N) is 2. The van der Waals surface area contributed by atoms with Crippen LogP contribution in [0.2, 0.25) is 0 Å². The van der Waals surface area contributed by atoms with Gasteiger partial charge in [0.15, 0.2) is 0 Å². The van der Waals surface area contributed by atoms with Gasteiger partial charge in [-0.1, -0.05) is 38.6 Å². The van der Waals surface area contributed by atoms with Gasteiger partial charge >= 0.3 is 0 Å². The first-order chi connectivity index (χ1) is 7.77. The van der Waals surface area contributed by atoms with Gasteiger partial charge in [-0.2, -0.15) is 0 Å². The average Bonchev–Trinajstić information content (AvgIpc) is 2.79. The standard InChI is InChI=1S/C11H12BrN3S/c1-8(10-4-2-3-5-11(10)12)13-6-9-7-16-15-14-9/h2-5,7-8,13H,6H2,1H3. The smallest absolute Gasteiger partial charge is 0.0893 e.